The van der Waals surface area contributed by atoms with Crippen molar-refractivity contribution in [2.45, 2.75) is 0 Å². The molecule has 6 rings (SSSR count). The molecule has 0 unspecified atom stereocenters. The van der Waals surface area contributed by atoms with Gasteiger partial charge in [0.2, 0.25) is 0 Å². The van der Waals surface area contributed by atoms with Crippen molar-refractivity contribution < 1.29 is 10.0 Å². The van der Waals surface area contributed by atoms with E-state index >= 15 is 0 Å². The molecular weight excluding hydrogens is 465 g/mol. The van der Waals surface area contributed by atoms with Crippen molar-refractivity contribution in [3.63, 3.8) is 0 Å². The van der Waals surface area contributed by atoms with Gasteiger partial charge in [-0.3, -0.25) is 0 Å². The van der Waals surface area contributed by atoms with Crippen LogP contribution >= 0.6 is 0 Å². The highest BCUT2D eigenvalue weighted by Gasteiger charge is 2.16. The van der Waals surface area contributed by atoms with Crippen LogP contribution < -0.4 is 10.4 Å². The molecule has 0 saturated carbocycles. The van der Waals surface area contributed by atoms with E-state index in [1.165, 1.54) is 16.3 Å². The van der Waals surface area contributed by atoms with Gasteiger partial charge >= 0.3 is 7.12 Å². The number of anilines is 3. The quantitative estimate of drug-likeness (QED) is 0.240. The van der Waals surface area contributed by atoms with E-state index in [1.54, 1.807) is 12.1 Å². The van der Waals surface area contributed by atoms with E-state index in [-0.39, 0.29) is 0 Å². The molecule has 6 aromatic rings. The van der Waals surface area contributed by atoms with Crippen molar-refractivity contribution in [2.24, 2.45) is 0 Å². The topological polar surface area (TPSA) is 43.7 Å². The molecule has 0 amide bonds. The lowest BCUT2D eigenvalue weighted by Crippen LogP contribution is -2.29. The molecule has 0 aliphatic heterocycles. The second kappa shape index (κ2) is 10.4. The number of hydrogen-bond acceptors (Lipinski definition) is 3. The van der Waals surface area contributed by atoms with Crippen LogP contribution in [0.5, 0.6) is 0 Å². The van der Waals surface area contributed by atoms with Gasteiger partial charge in [0.1, 0.15) is 0 Å². The average Bonchev–Trinajstić information content (AvgIpc) is 2.98. The predicted molar refractivity (Wildman–Crippen MR) is 159 cm³/mol. The fraction of sp³-hybridized carbons (Fsp3) is 0. The van der Waals surface area contributed by atoms with E-state index in [1.807, 2.05) is 30.3 Å². The van der Waals surface area contributed by atoms with Crippen molar-refractivity contribution in [3.05, 3.63) is 146 Å². The second-order valence-electron chi connectivity index (χ2n) is 9.29. The van der Waals surface area contributed by atoms with Crippen LogP contribution in [0.2, 0.25) is 0 Å². The van der Waals surface area contributed by atoms with Crippen molar-refractivity contribution in [2.75, 3.05) is 4.90 Å². The second-order valence-corrected chi connectivity index (χ2v) is 9.29. The molecule has 2 N–H and O–H groups in total. The molecular formula is C34H26BNO2. The molecule has 38 heavy (non-hydrogen) atoms. The Kier molecular flexibility index (Phi) is 6.49. The minimum atomic E-state index is -1.50. The number of rotatable bonds is 6. The monoisotopic (exact) mass is 491 g/mol. The van der Waals surface area contributed by atoms with Crippen LogP contribution in [0.1, 0.15) is 0 Å². The molecule has 0 fully saturated rings. The third-order valence-corrected chi connectivity index (χ3v) is 6.89. The van der Waals surface area contributed by atoms with Crippen LogP contribution in [0, 0.1) is 0 Å². The van der Waals surface area contributed by atoms with E-state index < -0.39 is 7.12 Å². The maximum Gasteiger partial charge on any atom is 0.488 e. The SMILES string of the molecule is OB(O)c1ccc(N(c2ccc(-c3cccc4ccccc34)cc2)c2cccc(-c3ccccc3)c2)cc1. The van der Waals surface area contributed by atoms with Crippen molar-refractivity contribution >= 4 is 40.4 Å². The normalized spacial score (nSPS) is 10.9. The van der Waals surface area contributed by atoms with Gasteiger partial charge in [-0.25, -0.2) is 0 Å². The minimum absolute atomic E-state index is 0.457. The molecule has 0 aromatic heterocycles. The van der Waals surface area contributed by atoms with E-state index in [0.717, 1.165) is 33.8 Å². The Balaban J connectivity index is 1.44. The molecule has 0 radical (unpaired) electrons. The van der Waals surface area contributed by atoms with Crippen molar-refractivity contribution in [1.29, 1.82) is 0 Å². The molecule has 4 heteroatoms. The van der Waals surface area contributed by atoms with Crippen LogP contribution in [0.4, 0.5) is 17.1 Å². The molecule has 0 spiro atoms. The molecule has 3 nitrogen and oxygen atoms in total. The van der Waals surface area contributed by atoms with Crippen LogP contribution in [-0.4, -0.2) is 17.2 Å². The largest absolute Gasteiger partial charge is 0.488 e. The summed E-state index contributed by atoms with van der Waals surface area (Å²) in [6.45, 7) is 0. The molecule has 182 valence electrons. The average molecular weight is 491 g/mol. The van der Waals surface area contributed by atoms with Gasteiger partial charge in [0.15, 0.2) is 0 Å². The predicted octanol–water partition coefficient (Wildman–Crippen LogP) is 7.32. The highest BCUT2D eigenvalue weighted by molar-refractivity contribution is 6.58. The summed E-state index contributed by atoms with van der Waals surface area (Å²) in [6, 6.07) is 49.6. The van der Waals surface area contributed by atoms with Gasteiger partial charge < -0.3 is 14.9 Å². The molecule has 6 aromatic carbocycles. The smallest absolute Gasteiger partial charge is 0.423 e. The zero-order valence-corrected chi connectivity index (χ0v) is 20.8. The third kappa shape index (κ3) is 4.71. The molecule has 0 aliphatic rings. The van der Waals surface area contributed by atoms with Crippen LogP contribution in [-0.2, 0) is 0 Å². The first kappa shape index (κ1) is 23.7. The molecule has 0 heterocycles. The fourth-order valence-corrected chi connectivity index (χ4v) is 4.97. The van der Waals surface area contributed by atoms with Crippen LogP contribution in [0.25, 0.3) is 33.0 Å². The Morgan fingerprint density at radius 3 is 1.79 bits per heavy atom. The number of benzene rings is 6. The Labute approximate surface area is 223 Å². The van der Waals surface area contributed by atoms with Gasteiger partial charge in [-0.1, -0.05) is 109 Å². The standard InChI is InChI=1S/C34H26BNO2/c37-35(38)29-18-22-31(23-19-29)36(32-13-6-12-28(24-32)25-8-2-1-3-9-25)30-20-16-27(17-21-30)34-15-7-11-26-10-4-5-14-33(26)34/h1-24,37-38H. The van der Waals surface area contributed by atoms with E-state index in [0.29, 0.717) is 5.46 Å². The van der Waals surface area contributed by atoms with Crippen LogP contribution in [0.15, 0.2) is 146 Å². The highest BCUT2D eigenvalue weighted by Crippen LogP contribution is 2.38. The summed E-state index contributed by atoms with van der Waals surface area (Å²) in [5.74, 6) is 0. The maximum absolute atomic E-state index is 9.61. The fourth-order valence-electron chi connectivity index (χ4n) is 4.97. The third-order valence-electron chi connectivity index (χ3n) is 6.89. The Morgan fingerprint density at radius 1 is 0.447 bits per heavy atom. The molecule has 0 bridgehead atoms. The van der Waals surface area contributed by atoms with E-state index in [9.17, 15) is 10.0 Å². The van der Waals surface area contributed by atoms with E-state index in [4.69, 9.17) is 0 Å². The zero-order chi connectivity index (χ0) is 25.9. The van der Waals surface area contributed by atoms with Gasteiger partial charge in [-0.05, 0) is 74.9 Å². The number of nitrogens with zero attached hydrogens (tertiary/aromatic N) is 1. The minimum Gasteiger partial charge on any atom is -0.423 e. The Bertz CT molecular complexity index is 1680. The zero-order valence-electron chi connectivity index (χ0n) is 20.8. The highest BCUT2D eigenvalue weighted by atomic mass is 16.4. The van der Waals surface area contributed by atoms with Crippen molar-refractivity contribution in [3.8, 4) is 22.3 Å². The summed E-state index contributed by atoms with van der Waals surface area (Å²) < 4.78 is 0. The van der Waals surface area contributed by atoms with Gasteiger partial charge in [0, 0.05) is 17.1 Å². The number of fused-ring (bicyclic) bond motifs is 1. The summed E-state index contributed by atoms with van der Waals surface area (Å²) in [4.78, 5) is 2.19. The summed E-state index contributed by atoms with van der Waals surface area (Å²) >= 11 is 0. The first-order valence-corrected chi connectivity index (χ1v) is 12.7. The summed E-state index contributed by atoms with van der Waals surface area (Å²) in [7, 11) is -1.50. The first-order valence-electron chi connectivity index (χ1n) is 12.7. The summed E-state index contributed by atoms with van der Waals surface area (Å²) in [5.41, 5.74) is 8.05. The molecule has 0 aliphatic carbocycles. The lowest BCUT2D eigenvalue weighted by Gasteiger charge is -2.26. The first-order chi connectivity index (χ1) is 18.7. The van der Waals surface area contributed by atoms with Crippen molar-refractivity contribution in [1.82, 2.24) is 0 Å². The Hall–Kier alpha value is -4.64. The van der Waals surface area contributed by atoms with Gasteiger partial charge in [-0.2, -0.15) is 0 Å². The van der Waals surface area contributed by atoms with Crippen LogP contribution in [0.3, 0.4) is 0 Å². The Morgan fingerprint density at radius 2 is 1.05 bits per heavy atom. The van der Waals surface area contributed by atoms with Gasteiger partial charge in [0.05, 0.1) is 0 Å². The maximum atomic E-state index is 9.61. The lowest BCUT2D eigenvalue weighted by atomic mass is 9.80. The summed E-state index contributed by atoms with van der Waals surface area (Å²) in [6.07, 6.45) is 0. The van der Waals surface area contributed by atoms with Gasteiger partial charge in [0.25, 0.3) is 0 Å². The van der Waals surface area contributed by atoms with Gasteiger partial charge in [-0.15, -0.1) is 0 Å². The lowest BCUT2D eigenvalue weighted by molar-refractivity contribution is 0.426. The molecule has 0 saturated heterocycles. The molecule has 0 atom stereocenters. The summed E-state index contributed by atoms with van der Waals surface area (Å²) in [5, 5.41) is 21.7. The number of hydrogen-bond donors (Lipinski definition) is 2. The van der Waals surface area contributed by atoms with E-state index in [2.05, 4.69) is 108 Å².